The van der Waals surface area contributed by atoms with Crippen LogP contribution in [0.5, 0.6) is 0 Å². The number of nitrogens with zero attached hydrogens (tertiary/aromatic N) is 2. The van der Waals surface area contributed by atoms with Gasteiger partial charge in [0, 0.05) is 37.3 Å². The normalized spacial score (nSPS) is 15.1. The van der Waals surface area contributed by atoms with Crippen LogP contribution in [-0.4, -0.2) is 52.4 Å². The van der Waals surface area contributed by atoms with E-state index < -0.39 is 5.97 Å². The highest BCUT2D eigenvalue weighted by Crippen LogP contribution is 2.19. The number of carboxylic acids is 1. The van der Waals surface area contributed by atoms with Gasteiger partial charge in [-0.05, 0) is 31.4 Å². The molecule has 7 heteroatoms. The van der Waals surface area contributed by atoms with E-state index in [1.54, 1.807) is 4.90 Å². The number of hydrogen-bond acceptors (Lipinski definition) is 4. The lowest BCUT2D eigenvalue weighted by Gasteiger charge is -2.31. The molecule has 0 aliphatic carbocycles. The van der Waals surface area contributed by atoms with Crippen LogP contribution in [0, 0.1) is 5.92 Å². The summed E-state index contributed by atoms with van der Waals surface area (Å²) < 4.78 is 0. The van der Waals surface area contributed by atoms with Gasteiger partial charge in [-0.25, -0.2) is 9.78 Å². The van der Waals surface area contributed by atoms with Crippen molar-refractivity contribution in [1.29, 1.82) is 0 Å². The number of hydrogen-bond donors (Lipinski definition) is 2. The van der Waals surface area contributed by atoms with Gasteiger partial charge in [-0.2, -0.15) is 0 Å². The summed E-state index contributed by atoms with van der Waals surface area (Å²) in [6, 6.07) is 2.80. The van der Waals surface area contributed by atoms with Crippen molar-refractivity contribution >= 4 is 17.8 Å². The fourth-order valence-electron chi connectivity index (χ4n) is 2.74. The van der Waals surface area contributed by atoms with Crippen LogP contribution < -0.4 is 5.32 Å². The van der Waals surface area contributed by atoms with Crippen molar-refractivity contribution in [2.45, 2.75) is 32.6 Å². The van der Waals surface area contributed by atoms with Gasteiger partial charge in [0.15, 0.2) is 0 Å². The van der Waals surface area contributed by atoms with Crippen molar-refractivity contribution in [2.24, 2.45) is 5.92 Å². The Kier molecular flexibility index (Phi) is 6.28. The summed E-state index contributed by atoms with van der Waals surface area (Å²) in [6.45, 7) is 3.76. The van der Waals surface area contributed by atoms with Gasteiger partial charge in [-0.1, -0.05) is 13.3 Å². The van der Waals surface area contributed by atoms with Gasteiger partial charge in [0.25, 0.3) is 5.91 Å². The third-order valence-corrected chi connectivity index (χ3v) is 4.21. The molecular formula is C17H23N3O4. The zero-order chi connectivity index (χ0) is 17.5. The number of nitrogens with one attached hydrogen (secondary N) is 1. The number of amides is 2. The molecule has 1 aromatic heterocycles. The molecule has 0 saturated carbocycles. The summed E-state index contributed by atoms with van der Waals surface area (Å²) in [7, 11) is 0. The first-order chi connectivity index (χ1) is 11.5. The number of carbonyl (C=O) groups excluding carboxylic acids is 2. The van der Waals surface area contributed by atoms with Crippen LogP contribution in [-0.2, 0) is 4.79 Å². The van der Waals surface area contributed by atoms with Gasteiger partial charge in [-0.15, -0.1) is 0 Å². The highest BCUT2D eigenvalue weighted by molar-refractivity contribution is 5.96. The SMILES string of the molecule is CCCCNC(=O)C1CCN(C(=O)c2ccnc(C(=O)O)c2)CC1. The molecule has 7 nitrogen and oxygen atoms in total. The largest absolute Gasteiger partial charge is 0.477 e. The maximum atomic E-state index is 12.5. The molecule has 0 spiro atoms. The molecule has 1 aromatic rings. The zero-order valence-electron chi connectivity index (χ0n) is 13.8. The summed E-state index contributed by atoms with van der Waals surface area (Å²) >= 11 is 0. The number of piperidine rings is 1. The van der Waals surface area contributed by atoms with Crippen LogP contribution in [0.4, 0.5) is 0 Å². The Bertz CT molecular complexity index is 610. The lowest BCUT2D eigenvalue weighted by molar-refractivity contribution is -0.126. The smallest absolute Gasteiger partial charge is 0.354 e. The van der Waals surface area contributed by atoms with Crippen LogP contribution >= 0.6 is 0 Å². The Morgan fingerprint density at radius 3 is 2.67 bits per heavy atom. The van der Waals surface area contributed by atoms with Crippen LogP contribution in [0.1, 0.15) is 53.5 Å². The van der Waals surface area contributed by atoms with Crippen LogP contribution in [0.25, 0.3) is 0 Å². The van der Waals surface area contributed by atoms with Gasteiger partial charge >= 0.3 is 5.97 Å². The predicted molar refractivity (Wildman–Crippen MR) is 87.7 cm³/mol. The molecule has 2 rings (SSSR count). The number of carboxylic acid groups (broad SMARTS) is 1. The topological polar surface area (TPSA) is 99.6 Å². The molecule has 0 atom stereocenters. The van der Waals surface area contributed by atoms with Crippen molar-refractivity contribution in [1.82, 2.24) is 15.2 Å². The van der Waals surface area contributed by atoms with E-state index in [2.05, 4.69) is 17.2 Å². The third-order valence-electron chi connectivity index (χ3n) is 4.21. The molecule has 2 N–H and O–H groups in total. The standard InChI is InChI=1S/C17H23N3O4/c1-2-3-7-19-15(21)12-5-9-20(10-6-12)16(22)13-4-8-18-14(11-13)17(23)24/h4,8,11-12H,2-3,5-7,9-10H2,1H3,(H,19,21)(H,23,24). The Morgan fingerprint density at radius 1 is 1.33 bits per heavy atom. The number of aromatic nitrogens is 1. The van der Waals surface area contributed by atoms with E-state index in [0.717, 1.165) is 12.8 Å². The first kappa shape index (κ1) is 17.9. The van der Waals surface area contributed by atoms with Crippen LogP contribution in [0.2, 0.25) is 0 Å². The van der Waals surface area contributed by atoms with Gasteiger partial charge < -0.3 is 15.3 Å². The highest BCUT2D eigenvalue weighted by Gasteiger charge is 2.27. The summed E-state index contributed by atoms with van der Waals surface area (Å²) in [5.74, 6) is -1.37. The molecule has 0 bridgehead atoms. The summed E-state index contributed by atoms with van der Waals surface area (Å²) in [6.07, 6.45) is 4.58. The number of likely N-dealkylation sites (tertiary alicyclic amines) is 1. The second-order valence-corrected chi connectivity index (χ2v) is 5.95. The average molecular weight is 333 g/mol. The summed E-state index contributed by atoms with van der Waals surface area (Å²) in [4.78, 5) is 40.8. The van der Waals surface area contributed by atoms with E-state index in [1.807, 2.05) is 0 Å². The number of carbonyl (C=O) groups is 3. The number of aromatic carboxylic acids is 1. The first-order valence-corrected chi connectivity index (χ1v) is 8.29. The lowest BCUT2D eigenvalue weighted by Crippen LogP contribution is -2.43. The minimum atomic E-state index is -1.16. The number of rotatable bonds is 6. The monoisotopic (exact) mass is 333 g/mol. The summed E-state index contributed by atoms with van der Waals surface area (Å²) in [5, 5.41) is 11.9. The molecule has 0 radical (unpaired) electrons. The molecule has 130 valence electrons. The van der Waals surface area contributed by atoms with Gasteiger partial charge in [0.05, 0.1) is 0 Å². The molecule has 0 unspecified atom stereocenters. The van der Waals surface area contributed by atoms with E-state index in [1.165, 1.54) is 18.3 Å². The van der Waals surface area contributed by atoms with Crippen LogP contribution in [0.3, 0.4) is 0 Å². The Hall–Kier alpha value is -2.44. The second kappa shape index (κ2) is 8.42. The fraction of sp³-hybridized carbons (Fsp3) is 0.529. The maximum absolute atomic E-state index is 12.5. The molecule has 1 fully saturated rings. The maximum Gasteiger partial charge on any atom is 0.354 e. The molecule has 1 aliphatic heterocycles. The van der Waals surface area contributed by atoms with Crippen molar-refractivity contribution in [3.63, 3.8) is 0 Å². The van der Waals surface area contributed by atoms with E-state index in [-0.39, 0.29) is 23.4 Å². The molecular weight excluding hydrogens is 310 g/mol. The fourth-order valence-corrected chi connectivity index (χ4v) is 2.74. The third kappa shape index (κ3) is 4.53. The van der Waals surface area contributed by atoms with Crippen molar-refractivity contribution in [3.8, 4) is 0 Å². The molecule has 2 amide bonds. The molecule has 1 saturated heterocycles. The van der Waals surface area contributed by atoms with E-state index >= 15 is 0 Å². The number of unbranched alkanes of at least 4 members (excludes halogenated alkanes) is 1. The zero-order valence-corrected chi connectivity index (χ0v) is 13.8. The van der Waals surface area contributed by atoms with Gasteiger partial charge in [-0.3, -0.25) is 9.59 Å². The van der Waals surface area contributed by atoms with E-state index in [9.17, 15) is 14.4 Å². The van der Waals surface area contributed by atoms with Crippen LogP contribution in [0.15, 0.2) is 18.3 Å². The highest BCUT2D eigenvalue weighted by atomic mass is 16.4. The Labute approximate surface area is 141 Å². The van der Waals surface area contributed by atoms with Crippen molar-refractivity contribution in [2.75, 3.05) is 19.6 Å². The van der Waals surface area contributed by atoms with Crippen molar-refractivity contribution in [3.05, 3.63) is 29.6 Å². The summed E-state index contributed by atoms with van der Waals surface area (Å²) in [5.41, 5.74) is 0.166. The lowest BCUT2D eigenvalue weighted by atomic mass is 9.95. The molecule has 1 aliphatic rings. The quantitative estimate of drug-likeness (QED) is 0.769. The molecule has 0 aromatic carbocycles. The molecule has 2 heterocycles. The molecule has 24 heavy (non-hydrogen) atoms. The van der Waals surface area contributed by atoms with Crippen molar-refractivity contribution < 1.29 is 19.5 Å². The van der Waals surface area contributed by atoms with Gasteiger partial charge in [0.1, 0.15) is 5.69 Å². The minimum absolute atomic E-state index is 0.0575. The predicted octanol–water partition coefficient (Wildman–Crippen LogP) is 1.55. The van der Waals surface area contributed by atoms with E-state index in [0.29, 0.717) is 38.0 Å². The minimum Gasteiger partial charge on any atom is -0.477 e. The first-order valence-electron chi connectivity index (χ1n) is 8.29. The second-order valence-electron chi connectivity index (χ2n) is 5.95. The Morgan fingerprint density at radius 2 is 2.04 bits per heavy atom. The van der Waals surface area contributed by atoms with Gasteiger partial charge in [0.2, 0.25) is 5.91 Å². The average Bonchev–Trinajstić information content (AvgIpc) is 2.61. The Balaban J connectivity index is 1.90. The van der Waals surface area contributed by atoms with E-state index in [4.69, 9.17) is 5.11 Å². The number of pyridine rings is 1.